The molecule has 3 aromatic rings. The minimum Gasteiger partial charge on any atom is -0.496 e. The molecule has 1 saturated heterocycles. The normalized spacial score (nSPS) is 27.8. The molecule has 8 rings (SSSR count). The number of rotatable bonds is 9. The van der Waals surface area contributed by atoms with E-state index in [-0.39, 0.29) is 40.9 Å². The highest BCUT2D eigenvalue weighted by Gasteiger charge is 2.51. The summed E-state index contributed by atoms with van der Waals surface area (Å²) in [6.07, 6.45) is 14.6. The number of β-amino-alcohol motifs (C(OH)–C–C–N with tert-alkyl or cyclic N) is 1. The van der Waals surface area contributed by atoms with Crippen molar-refractivity contribution in [2.24, 2.45) is 11.3 Å². The quantitative estimate of drug-likeness (QED) is 0.253. The second-order valence-corrected chi connectivity index (χ2v) is 15.8. The highest BCUT2D eigenvalue weighted by Crippen LogP contribution is 2.58. The van der Waals surface area contributed by atoms with Crippen LogP contribution in [0.15, 0.2) is 48.9 Å². The molecule has 10 nitrogen and oxygen atoms in total. The number of aromatic nitrogens is 3. The van der Waals surface area contributed by atoms with Gasteiger partial charge in [0.2, 0.25) is 5.91 Å². The predicted molar refractivity (Wildman–Crippen MR) is 192 cm³/mol. The number of benzene rings is 1. The molecule has 1 aromatic carbocycles. The number of aryl methyl sites for hydroxylation is 1. The number of fused-ring (bicyclic) bond motifs is 3. The summed E-state index contributed by atoms with van der Waals surface area (Å²) >= 11 is 0. The van der Waals surface area contributed by atoms with Crippen molar-refractivity contribution in [2.75, 3.05) is 31.6 Å². The van der Waals surface area contributed by atoms with Gasteiger partial charge in [-0.2, -0.15) is 5.10 Å². The fourth-order valence-corrected chi connectivity index (χ4v) is 9.04. The van der Waals surface area contributed by atoms with E-state index in [1.165, 1.54) is 11.1 Å². The predicted octanol–water partition coefficient (Wildman–Crippen LogP) is 7.23. The maximum absolute atomic E-state index is 14.7. The van der Waals surface area contributed by atoms with Crippen LogP contribution in [0.25, 0.3) is 11.1 Å². The van der Waals surface area contributed by atoms with E-state index in [9.17, 15) is 14.7 Å². The van der Waals surface area contributed by atoms with Crippen LogP contribution in [0, 0.1) is 18.3 Å². The van der Waals surface area contributed by atoms with Crippen LogP contribution in [-0.2, 0) is 14.9 Å². The van der Waals surface area contributed by atoms with E-state index < -0.39 is 6.10 Å². The molecule has 268 valence electrons. The van der Waals surface area contributed by atoms with Gasteiger partial charge < -0.3 is 19.5 Å². The third-order valence-corrected chi connectivity index (χ3v) is 12.4. The number of hydrogen-bond donors (Lipinski definition) is 1. The summed E-state index contributed by atoms with van der Waals surface area (Å²) in [5.74, 6) is 1.61. The van der Waals surface area contributed by atoms with E-state index in [2.05, 4.69) is 56.3 Å². The number of amides is 2. The van der Waals surface area contributed by atoms with E-state index in [1.807, 2.05) is 28.0 Å². The lowest BCUT2D eigenvalue weighted by molar-refractivity contribution is -0.124. The molecule has 0 unspecified atom stereocenters. The van der Waals surface area contributed by atoms with Gasteiger partial charge in [0.1, 0.15) is 17.7 Å². The first-order valence-corrected chi connectivity index (χ1v) is 18.7. The zero-order chi connectivity index (χ0) is 35.0. The highest BCUT2D eigenvalue weighted by molar-refractivity contribution is 5.95. The van der Waals surface area contributed by atoms with Crippen LogP contribution >= 0.6 is 0 Å². The molecule has 10 heteroatoms. The summed E-state index contributed by atoms with van der Waals surface area (Å²) < 4.78 is 13.3. The molecule has 4 aliphatic carbocycles. The Bertz CT molecular complexity index is 1670. The van der Waals surface area contributed by atoms with Gasteiger partial charge in [-0.15, -0.1) is 0 Å². The first kappa shape index (κ1) is 34.5. The molecule has 4 saturated carbocycles. The maximum Gasteiger partial charge on any atom is 0.410 e. The summed E-state index contributed by atoms with van der Waals surface area (Å²) in [5.41, 5.74) is 4.85. The van der Waals surface area contributed by atoms with E-state index in [1.54, 1.807) is 12.0 Å². The number of anilines is 1. The van der Waals surface area contributed by atoms with Gasteiger partial charge in [-0.1, -0.05) is 12.1 Å². The minimum absolute atomic E-state index is 0.0478. The zero-order valence-electron chi connectivity index (χ0n) is 30.1. The fraction of sp³-hybridized carbons (Fsp3) is 0.600. The van der Waals surface area contributed by atoms with Crippen molar-refractivity contribution in [1.82, 2.24) is 19.7 Å². The third kappa shape index (κ3) is 6.88. The first-order chi connectivity index (χ1) is 24.1. The Kier molecular flexibility index (Phi) is 9.67. The number of aliphatic hydroxyl groups is 1. The third-order valence-electron chi connectivity index (χ3n) is 12.4. The van der Waals surface area contributed by atoms with Crippen LogP contribution in [0.2, 0.25) is 0 Å². The highest BCUT2D eigenvalue weighted by atomic mass is 16.6. The molecule has 1 aliphatic heterocycles. The lowest BCUT2D eigenvalue weighted by Gasteiger charge is -2.55. The number of nitrogens with zero attached hydrogens (tertiary/aromatic N) is 5. The van der Waals surface area contributed by atoms with Gasteiger partial charge in [0.15, 0.2) is 0 Å². The SMILES string of the molecule is COc1ccc(C23CCC(CN(C(=O)C4CCC(OC(=O)N5CC[C@H](O)C5)CC4)c4cc(-c5cnn(C(C)C)c5)ccn4)(CC2)CC3)cc1C. The topological polar surface area (TPSA) is 110 Å². The van der Waals surface area contributed by atoms with Gasteiger partial charge in [0, 0.05) is 49.6 Å². The van der Waals surface area contributed by atoms with Gasteiger partial charge in [-0.25, -0.2) is 9.78 Å². The van der Waals surface area contributed by atoms with Crippen LogP contribution in [0.5, 0.6) is 5.75 Å². The van der Waals surface area contributed by atoms with Gasteiger partial charge in [-0.05, 0) is 137 Å². The molecule has 1 N–H and O–H groups in total. The molecule has 2 aromatic heterocycles. The fourth-order valence-electron chi connectivity index (χ4n) is 9.04. The molecule has 3 heterocycles. The molecule has 2 bridgehead atoms. The molecule has 1 atom stereocenters. The van der Waals surface area contributed by atoms with E-state index >= 15 is 0 Å². The molecule has 0 radical (unpaired) electrons. The Morgan fingerprint density at radius 3 is 2.36 bits per heavy atom. The number of aliphatic hydroxyl groups excluding tert-OH is 1. The monoisotopic (exact) mass is 683 g/mol. The van der Waals surface area contributed by atoms with Gasteiger partial charge >= 0.3 is 6.09 Å². The van der Waals surface area contributed by atoms with Crippen molar-refractivity contribution in [1.29, 1.82) is 0 Å². The standard InChI is InChI=1S/C40H53N5O5/c1-27(2)45-24-31(23-42-45)30-11-19-41-36(22-30)44(37(47)29-5-8-34(9-6-29)50-38(48)43-20-12-33(46)25-43)26-39-13-16-40(17-14-39,18-15-39)32-7-10-35(49-4)28(3)21-32/h7,10-11,19,21-24,27,29,33-34,46H,5-6,8-9,12-18,20,25-26H2,1-4H3/t29?,33-,34?,39?,40?/m0/s1. The van der Waals surface area contributed by atoms with Crippen molar-refractivity contribution in [2.45, 2.75) is 115 Å². The van der Waals surface area contributed by atoms with Crippen molar-refractivity contribution < 1.29 is 24.2 Å². The number of hydrogen-bond acceptors (Lipinski definition) is 7. The molecular formula is C40H53N5O5. The van der Waals surface area contributed by atoms with Crippen LogP contribution in [0.3, 0.4) is 0 Å². The van der Waals surface area contributed by atoms with E-state index in [4.69, 9.17) is 14.5 Å². The lowest BCUT2D eigenvalue weighted by atomic mass is 9.51. The Hall–Kier alpha value is -3.92. The average molecular weight is 684 g/mol. The summed E-state index contributed by atoms with van der Waals surface area (Å²) in [6.45, 7) is 7.87. The molecular weight excluding hydrogens is 630 g/mol. The molecule has 2 amide bonds. The molecule has 50 heavy (non-hydrogen) atoms. The van der Waals surface area contributed by atoms with Crippen LogP contribution in [0.4, 0.5) is 10.6 Å². The molecule has 5 aliphatic rings. The minimum atomic E-state index is -0.476. The Morgan fingerprint density at radius 2 is 1.74 bits per heavy atom. The van der Waals surface area contributed by atoms with Crippen LogP contribution in [-0.4, -0.2) is 75.7 Å². The Balaban J connectivity index is 1.09. The number of carbonyl (C=O) groups excluding carboxylic acids is 2. The number of ether oxygens (including phenoxy) is 2. The summed E-state index contributed by atoms with van der Waals surface area (Å²) in [6, 6.07) is 11.0. The first-order valence-electron chi connectivity index (χ1n) is 18.7. The van der Waals surface area contributed by atoms with Gasteiger partial charge in [0.05, 0.1) is 19.4 Å². The number of likely N-dealkylation sites (tertiary alicyclic amines) is 1. The van der Waals surface area contributed by atoms with Crippen LogP contribution in [0.1, 0.15) is 102 Å². The smallest absolute Gasteiger partial charge is 0.410 e. The van der Waals surface area contributed by atoms with Crippen molar-refractivity contribution in [3.8, 4) is 16.9 Å². The number of methoxy groups -OCH3 is 1. The van der Waals surface area contributed by atoms with E-state index in [0.717, 1.165) is 55.4 Å². The second kappa shape index (κ2) is 14.0. The summed E-state index contributed by atoms with van der Waals surface area (Å²) in [4.78, 5) is 35.8. The van der Waals surface area contributed by atoms with Gasteiger partial charge in [-0.3, -0.25) is 14.4 Å². The molecule has 0 spiro atoms. The largest absolute Gasteiger partial charge is 0.496 e. The van der Waals surface area contributed by atoms with E-state index in [0.29, 0.717) is 57.6 Å². The summed E-state index contributed by atoms with van der Waals surface area (Å²) in [7, 11) is 1.73. The second-order valence-electron chi connectivity index (χ2n) is 15.8. The maximum atomic E-state index is 14.7. The average Bonchev–Trinajstić information content (AvgIpc) is 3.82. The van der Waals surface area contributed by atoms with Gasteiger partial charge in [0.25, 0.3) is 0 Å². The number of pyridine rings is 1. The Morgan fingerprint density at radius 1 is 1.00 bits per heavy atom. The Labute approximate surface area is 296 Å². The number of carbonyl (C=O) groups is 2. The summed E-state index contributed by atoms with van der Waals surface area (Å²) in [5, 5.41) is 14.4. The zero-order valence-corrected chi connectivity index (χ0v) is 30.1. The van der Waals surface area contributed by atoms with Crippen molar-refractivity contribution >= 4 is 17.8 Å². The van der Waals surface area contributed by atoms with Crippen molar-refractivity contribution in [3.05, 3.63) is 60.0 Å². The molecule has 5 fully saturated rings. The lowest BCUT2D eigenvalue weighted by Crippen LogP contribution is -2.52. The van der Waals surface area contributed by atoms with Crippen LogP contribution < -0.4 is 9.64 Å². The van der Waals surface area contributed by atoms with Crippen molar-refractivity contribution in [3.63, 3.8) is 0 Å².